The summed E-state index contributed by atoms with van der Waals surface area (Å²) in [5.41, 5.74) is 2.74. The van der Waals surface area contributed by atoms with Crippen LogP contribution in [0.2, 0.25) is 0 Å². The summed E-state index contributed by atoms with van der Waals surface area (Å²) in [6.45, 7) is 1.84. The van der Waals surface area contributed by atoms with Crippen LogP contribution in [0.1, 0.15) is 41.2 Å². The number of fused-ring (bicyclic) bond motifs is 4. The number of cyclic esters (lactones) is 1. The highest BCUT2D eigenvalue weighted by Gasteiger charge is 2.57. The van der Waals surface area contributed by atoms with Crippen LogP contribution in [0.5, 0.6) is 28.7 Å². The van der Waals surface area contributed by atoms with E-state index in [1.165, 1.54) is 26.2 Å². The Labute approximate surface area is 305 Å². The lowest BCUT2D eigenvalue weighted by Gasteiger charge is -2.50. The molecule has 3 aromatic rings. The first kappa shape index (κ1) is 35.2. The van der Waals surface area contributed by atoms with E-state index in [9.17, 15) is 19.8 Å². The quantitative estimate of drug-likeness (QED) is 0.322. The lowest BCUT2D eigenvalue weighted by Crippen LogP contribution is -2.67. The zero-order chi connectivity index (χ0) is 37.0. The van der Waals surface area contributed by atoms with Crippen molar-refractivity contribution in [3.05, 3.63) is 76.9 Å². The van der Waals surface area contributed by atoms with E-state index in [-0.39, 0.29) is 43.9 Å². The van der Waals surface area contributed by atoms with Crippen LogP contribution in [0.25, 0.3) is 0 Å². The molecule has 4 heterocycles. The number of likely N-dealkylation sites (N-methyl/N-ethyl adjacent to an activating group) is 1. The number of rotatable bonds is 8. The van der Waals surface area contributed by atoms with Gasteiger partial charge in [-0.15, -0.1) is 0 Å². The molecule has 0 unspecified atom stereocenters. The Kier molecular flexibility index (Phi) is 9.45. The highest BCUT2D eigenvalue weighted by Crippen LogP contribution is 2.57. The van der Waals surface area contributed by atoms with Gasteiger partial charge in [0.2, 0.25) is 12.5 Å². The Hall–Kier alpha value is -4.80. The number of benzene rings is 3. The molecule has 2 N–H and O–H groups in total. The third-order valence-electron chi connectivity index (χ3n) is 10.7. The van der Waals surface area contributed by atoms with Crippen LogP contribution in [0.4, 0.5) is 4.79 Å². The smallest absolute Gasteiger partial charge is 0.410 e. The second-order valence-corrected chi connectivity index (χ2v) is 13.6. The van der Waals surface area contributed by atoms with Gasteiger partial charge in [0.15, 0.2) is 35.6 Å². The van der Waals surface area contributed by atoms with Crippen molar-refractivity contribution >= 4 is 12.1 Å². The molecule has 3 fully saturated rings. The molecule has 8 rings (SSSR count). The molecular weight excluding hydrogens is 694 g/mol. The summed E-state index contributed by atoms with van der Waals surface area (Å²) in [5, 5.41) is 22.6. The monoisotopic (exact) mass is 735 g/mol. The third-order valence-corrected chi connectivity index (χ3v) is 10.7. The fourth-order valence-corrected chi connectivity index (χ4v) is 8.09. The predicted molar refractivity (Wildman–Crippen MR) is 181 cm³/mol. The lowest BCUT2D eigenvalue weighted by atomic mass is 9.66. The van der Waals surface area contributed by atoms with Crippen molar-refractivity contribution in [1.29, 1.82) is 0 Å². The van der Waals surface area contributed by atoms with Gasteiger partial charge in [0, 0.05) is 18.9 Å². The van der Waals surface area contributed by atoms with Gasteiger partial charge >= 0.3 is 12.1 Å². The zero-order valence-corrected chi connectivity index (χ0v) is 29.5. The van der Waals surface area contributed by atoms with Crippen LogP contribution >= 0.6 is 0 Å². The maximum absolute atomic E-state index is 13.8. The van der Waals surface area contributed by atoms with Gasteiger partial charge in [-0.2, -0.15) is 0 Å². The van der Waals surface area contributed by atoms with Crippen molar-refractivity contribution in [2.75, 3.05) is 41.3 Å². The summed E-state index contributed by atoms with van der Waals surface area (Å²) in [6, 6.07) is 15.1. The normalized spacial score (nSPS) is 31.1. The van der Waals surface area contributed by atoms with Crippen LogP contribution in [-0.4, -0.2) is 105 Å². The molecule has 1 amide bonds. The van der Waals surface area contributed by atoms with E-state index in [0.717, 1.165) is 5.56 Å². The van der Waals surface area contributed by atoms with E-state index in [1.54, 1.807) is 19.1 Å². The Morgan fingerprint density at radius 2 is 1.64 bits per heavy atom. The number of phenolic OH excluding ortho intramolecular Hbond substituents is 1. The third kappa shape index (κ3) is 6.25. The molecule has 0 saturated carbocycles. The van der Waals surface area contributed by atoms with Crippen molar-refractivity contribution in [2.24, 2.45) is 11.8 Å². The fourth-order valence-electron chi connectivity index (χ4n) is 8.09. The number of ether oxygens (including phenoxy) is 10. The van der Waals surface area contributed by atoms with Crippen LogP contribution in [0, 0.1) is 11.8 Å². The van der Waals surface area contributed by atoms with Crippen molar-refractivity contribution in [1.82, 2.24) is 4.90 Å². The van der Waals surface area contributed by atoms with E-state index < -0.39 is 72.9 Å². The number of hydrogen-bond donors (Lipinski definition) is 2. The highest BCUT2D eigenvalue weighted by atomic mass is 16.8. The summed E-state index contributed by atoms with van der Waals surface area (Å²) in [6.07, 6.45) is -6.29. The van der Waals surface area contributed by atoms with Crippen LogP contribution in [0.3, 0.4) is 0 Å². The summed E-state index contributed by atoms with van der Waals surface area (Å²) in [4.78, 5) is 28.6. The van der Waals surface area contributed by atoms with Crippen LogP contribution in [-0.2, 0) is 39.8 Å². The molecule has 0 radical (unpaired) electrons. The molecule has 0 aromatic heterocycles. The van der Waals surface area contributed by atoms with E-state index in [2.05, 4.69) is 0 Å². The highest BCUT2D eigenvalue weighted by molar-refractivity contribution is 5.79. The number of aliphatic hydroxyl groups excluding tert-OH is 1. The number of aliphatic hydroxyl groups is 1. The number of esters is 1. The first-order valence-corrected chi connectivity index (χ1v) is 17.4. The molecule has 15 nitrogen and oxygen atoms in total. The number of amides is 1. The van der Waals surface area contributed by atoms with E-state index in [0.29, 0.717) is 28.2 Å². The first-order chi connectivity index (χ1) is 25.7. The van der Waals surface area contributed by atoms with Gasteiger partial charge in [0.1, 0.15) is 31.0 Å². The number of carbonyl (C=O) groups excluding carboxylic acids is 2. The standard InChI is InChI=1S/C38H41NO14/c1-18-46-16-28-35(51-18)33(41)31(39(2)38(43)48-14-19-8-6-5-7-9-19)37(52-28)53-34-22-13-25-24(49-17-50-25)12-21(22)29(30-23(34)15-47-36(30)42)20-10-26(44-3)32(40)27(11-20)45-4/h5-13,18,23,28-31,33-35,37,40-41H,14-17H2,1-4H3/t18-,23-,28-,29+,30-,31-,33-,34+,35-,37-/m0/s1. The summed E-state index contributed by atoms with van der Waals surface area (Å²) in [5.74, 6) is -1.30. The zero-order valence-electron chi connectivity index (χ0n) is 29.5. The van der Waals surface area contributed by atoms with Gasteiger partial charge in [0.25, 0.3) is 0 Å². The maximum atomic E-state index is 13.8. The Bertz CT molecular complexity index is 1830. The molecular formula is C38H41NO14. The van der Waals surface area contributed by atoms with E-state index >= 15 is 0 Å². The van der Waals surface area contributed by atoms with Gasteiger partial charge in [-0.25, -0.2) is 4.79 Å². The Balaban J connectivity index is 1.19. The second-order valence-electron chi connectivity index (χ2n) is 13.6. The molecule has 5 aliphatic rings. The molecule has 15 heteroatoms. The van der Waals surface area contributed by atoms with Crippen molar-refractivity contribution < 1.29 is 67.2 Å². The van der Waals surface area contributed by atoms with Crippen LogP contribution in [0.15, 0.2) is 54.6 Å². The Morgan fingerprint density at radius 1 is 0.943 bits per heavy atom. The largest absolute Gasteiger partial charge is 0.502 e. The first-order valence-electron chi connectivity index (χ1n) is 17.4. The summed E-state index contributed by atoms with van der Waals surface area (Å²) >= 11 is 0. The molecule has 10 atom stereocenters. The van der Waals surface area contributed by atoms with Gasteiger partial charge in [-0.05, 0) is 53.4 Å². The number of hydrogen-bond acceptors (Lipinski definition) is 14. The maximum Gasteiger partial charge on any atom is 0.410 e. The molecule has 3 saturated heterocycles. The Morgan fingerprint density at radius 3 is 2.34 bits per heavy atom. The SMILES string of the molecule is COc1cc([C@@H]2c3cc4c(cc3[C@@H](O[C@@H]3O[C@H]5CO[C@H](C)O[C@@H]5[C@@H](O)[C@@H]3N(C)C(=O)OCc3ccccc3)[C@H]3COC(=O)[C@H]23)OCO4)cc(OC)c1O. The number of phenols is 1. The minimum Gasteiger partial charge on any atom is -0.502 e. The van der Waals surface area contributed by atoms with Crippen molar-refractivity contribution in [3.63, 3.8) is 0 Å². The van der Waals surface area contributed by atoms with Crippen molar-refractivity contribution in [2.45, 2.75) is 62.5 Å². The molecule has 3 aromatic carbocycles. The topological polar surface area (TPSA) is 170 Å². The number of aromatic hydroxyl groups is 1. The molecule has 1 aliphatic carbocycles. The van der Waals surface area contributed by atoms with Crippen molar-refractivity contribution in [3.8, 4) is 28.7 Å². The van der Waals surface area contributed by atoms with Gasteiger partial charge < -0.3 is 62.5 Å². The average Bonchev–Trinajstić information content (AvgIpc) is 3.80. The second kappa shape index (κ2) is 14.2. The minimum atomic E-state index is -1.28. The lowest BCUT2D eigenvalue weighted by molar-refractivity contribution is -0.353. The average molecular weight is 736 g/mol. The fraction of sp³-hybridized carbons (Fsp3) is 0.474. The van der Waals surface area contributed by atoms with E-state index in [4.69, 9.17) is 47.4 Å². The summed E-state index contributed by atoms with van der Waals surface area (Å²) < 4.78 is 59.0. The molecule has 0 spiro atoms. The van der Waals surface area contributed by atoms with Gasteiger partial charge in [-0.3, -0.25) is 4.79 Å². The molecule has 4 aliphatic heterocycles. The van der Waals surface area contributed by atoms with Gasteiger partial charge in [0.05, 0.1) is 39.5 Å². The van der Waals surface area contributed by atoms with Gasteiger partial charge in [-0.1, -0.05) is 30.3 Å². The summed E-state index contributed by atoms with van der Waals surface area (Å²) in [7, 11) is 4.36. The molecule has 282 valence electrons. The predicted octanol–water partition coefficient (Wildman–Crippen LogP) is 3.61. The van der Waals surface area contributed by atoms with Crippen LogP contribution < -0.4 is 18.9 Å². The number of carbonyl (C=O) groups is 2. The number of methoxy groups -OCH3 is 2. The molecule has 53 heavy (non-hydrogen) atoms. The van der Waals surface area contributed by atoms with E-state index in [1.807, 2.05) is 42.5 Å². The number of nitrogens with zero attached hydrogens (tertiary/aromatic N) is 1. The minimum absolute atomic E-state index is 0.00154. The molecule has 0 bridgehead atoms.